The Morgan fingerprint density at radius 1 is 1.22 bits per heavy atom. The lowest BCUT2D eigenvalue weighted by atomic mass is 9.79. The van der Waals surface area contributed by atoms with Crippen molar-refractivity contribution in [1.29, 1.82) is 0 Å². The molecule has 0 radical (unpaired) electrons. The van der Waals surface area contributed by atoms with Crippen molar-refractivity contribution in [1.82, 2.24) is 10.2 Å². The van der Waals surface area contributed by atoms with Gasteiger partial charge in [0, 0.05) is 32.2 Å². The first-order valence-electron chi connectivity index (χ1n) is 8.72. The third-order valence-electron chi connectivity index (χ3n) is 5.28. The number of aromatic hydroxyl groups is 1. The summed E-state index contributed by atoms with van der Waals surface area (Å²) in [5.74, 6) is 1.50. The first-order chi connectivity index (χ1) is 11.2. The third-order valence-corrected chi connectivity index (χ3v) is 5.59. The van der Waals surface area contributed by atoms with Gasteiger partial charge in [-0.2, -0.15) is 0 Å². The van der Waals surface area contributed by atoms with E-state index < -0.39 is 0 Å². The fourth-order valence-corrected chi connectivity index (χ4v) is 4.32. The summed E-state index contributed by atoms with van der Waals surface area (Å²) >= 11 is 6.23. The minimum absolute atomic E-state index is 0.186. The molecule has 1 aromatic carbocycles. The number of nitrogens with one attached hydrogen (secondary N) is 1. The number of benzene rings is 1. The van der Waals surface area contributed by atoms with Gasteiger partial charge in [0.1, 0.15) is 11.5 Å². The van der Waals surface area contributed by atoms with Crippen molar-refractivity contribution in [2.45, 2.75) is 38.1 Å². The third kappa shape index (κ3) is 3.59. The summed E-state index contributed by atoms with van der Waals surface area (Å²) < 4.78 is 5.58. The molecule has 0 amide bonds. The van der Waals surface area contributed by atoms with Crippen LogP contribution in [0.25, 0.3) is 0 Å². The fraction of sp³-hybridized carbons (Fsp3) is 0.667. The van der Waals surface area contributed by atoms with Gasteiger partial charge >= 0.3 is 0 Å². The Morgan fingerprint density at radius 2 is 1.91 bits per heavy atom. The molecule has 1 saturated heterocycles. The van der Waals surface area contributed by atoms with Crippen LogP contribution >= 0.6 is 11.6 Å². The molecule has 3 rings (SSSR count). The molecular weight excluding hydrogens is 312 g/mol. The number of halogens is 1. The van der Waals surface area contributed by atoms with Crippen LogP contribution < -0.4 is 10.1 Å². The number of methoxy groups -OCH3 is 1. The normalized spacial score (nSPS) is 22.0. The highest BCUT2D eigenvalue weighted by molar-refractivity contribution is 6.32. The van der Waals surface area contributed by atoms with Crippen molar-refractivity contribution in [3.63, 3.8) is 0 Å². The second-order valence-corrected chi connectivity index (χ2v) is 7.05. The highest BCUT2D eigenvalue weighted by Gasteiger charge is 2.35. The molecule has 5 heteroatoms. The maximum Gasteiger partial charge on any atom is 0.142 e. The van der Waals surface area contributed by atoms with Crippen LogP contribution in [0.4, 0.5) is 0 Å². The molecule has 4 nitrogen and oxygen atoms in total. The quantitative estimate of drug-likeness (QED) is 0.880. The van der Waals surface area contributed by atoms with Gasteiger partial charge in [-0.3, -0.25) is 4.90 Å². The number of hydrogen-bond acceptors (Lipinski definition) is 4. The molecule has 1 saturated carbocycles. The van der Waals surface area contributed by atoms with Gasteiger partial charge < -0.3 is 15.2 Å². The van der Waals surface area contributed by atoms with E-state index in [0.29, 0.717) is 10.9 Å². The average molecular weight is 339 g/mol. The van der Waals surface area contributed by atoms with Crippen molar-refractivity contribution >= 4 is 11.6 Å². The number of nitrogens with zero attached hydrogens (tertiary/aromatic N) is 1. The number of piperazine rings is 1. The molecule has 23 heavy (non-hydrogen) atoms. The molecule has 1 atom stereocenters. The molecule has 128 valence electrons. The molecule has 1 heterocycles. The highest BCUT2D eigenvalue weighted by atomic mass is 35.5. The van der Waals surface area contributed by atoms with Crippen LogP contribution in [0.15, 0.2) is 12.1 Å². The van der Waals surface area contributed by atoms with Crippen molar-refractivity contribution in [3.8, 4) is 11.5 Å². The Morgan fingerprint density at radius 3 is 2.57 bits per heavy atom. The molecule has 2 aliphatic rings. The van der Waals surface area contributed by atoms with E-state index in [0.717, 1.165) is 37.5 Å². The smallest absolute Gasteiger partial charge is 0.142 e. The fourth-order valence-electron chi connectivity index (χ4n) is 4.15. The zero-order chi connectivity index (χ0) is 16.2. The number of rotatable bonds is 4. The van der Waals surface area contributed by atoms with Gasteiger partial charge in [0.2, 0.25) is 0 Å². The molecule has 0 aromatic heterocycles. The van der Waals surface area contributed by atoms with Crippen molar-refractivity contribution in [2.24, 2.45) is 5.92 Å². The van der Waals surface area contributed by atoms with E-state index in [1.54, 1.807) is 13.2 Å². The summed E-state index contributed by atoms with van der Waals surface area (Å²) in [5, 5.41) is 14.5. The molecule has 2 fully saturated rings. The Kier molecular flexibility index (Phi) is 5.67. The van der Waals surface area contributed by atoms with Gasteiger partial charge in [-0.15, -0.1) is 0 Å². The topological polar surface area (TPSA) is 44.7 Å². The van der Waals surface area contributed by atoms with E-state index in [4.69, 9.17) is 16.3 Å². The summed E-state index contributed by atoms with van der Waals surface area (Å²) in [5.41, 5.74) is 0.883. The van der Waals surface area contributed by atoms with Crippen molar-refractivity contribution in [2.75, 3.05) is 33.3 Å². The van der Waals surface area contributed by atoms with Crippen LogP contribution in [0.1, 0.15) is 43.7 Å². The average Bonchev–Trinajstić information content (AvgIpc) is 2.61. The largest absolute Gasteiger partial charge is 0.506 e. The van der Waals surface area contributed by atoms with Gasteiger partial charge in [0.05, 0.1) is 17.7 Å². The van der Waals surface area contributed by atoms with E-state index in [1.807, 2.05) is 6.07 Å². The van der Waals surface area contributed by atoms with Crippen LogP contribution in [0.3, 0.4) is 0 Å². The minimum atomic E-state index is 0.186. The van der Waals surface area contributed by atoms with E-state index in [1.165, 1.54) is 32.1 Å². The molecule has 0 bridgehead atoms. The monoisotopic (exact) mass is 338 g/mol. The molecule has 0 unspecified atom stereocenters. The second-order valence-electron chi connectivity index (χ2n) is 6.64. The number of ether oxygens (including phenoxy) is 1. The maximum absolute atomic E-state index is 10.7. The van der Waals surface area contributed by atoms with Crippen molar-refractivity contribution < 1.29 is 9.84 Å². The molecule has 1 aliphatic carbocycles. The standard InChI is InChI=1S/C18H27ClN2O2/c1-23-15-8-7-14(19)18(22)16(15)17(13-5-3-2-4-6-13)21-11-9-20-10-12-21/h7-8,13,17,20,22H,2-6,9-12H2,1H3/t17-/m0/s1. The summed E-state index contributed by atoms with van der Waals surface area (Å²) in [6.45, 7) is 3.98. The van der Waals surface area contributed by atoms with Gasteiger partial charge in [0.15, 0.2) is 0 Å². The van der Waals surface area contributed by atoms with Gasteiger partial charge in [-0.1, -0.05) is 30.9 Å². The van der Waals surface area contributed by atoms with Crippen LogP contribution in [-0.2, 0) is 0 Å². The predicted octanol–water partition coefficient (Wildman–Crippen LogP) is 3.58. The van der Waals surface area contributed by atoms with Gasteiger partial charge in [0.25, 0.3) is 0 Å². The number of phenols is 1. The minimum Gasteiger partial charge on any atom is -0.506 e. The Labute approximate surface area is 143 Å². The second kappa shape index (κ2) is 7.73. The van der Waals surface area contributed by atoms with Gasteiger partial charge in [-0.05, 0) is 30.9 Å². The summed E-state index contributed by atoms with van der Waals surface area (Å²) in [4.78, 5) is 2.50. The van der Waals surface area contributed by atoms with Crippen molar-refractivity contribution in [3.05, 3.63) is 22.7 Å². The van der Waals surface area contributed by atoms with Crippen LogP contribution in [0.5, 0.6) is 11.5 Å². The first kappa shape index (κ1) is 16.9. The van der Waals surface area contributed by atoms with E-state index in [9.17, 15) is 5.11 Å². The Hall–Kier alpha value is -0.970. The van der Waals surface area contributed by atoms with Crippen LogP contribution in [0.2, 0.25) is 5.02 Å². The van der Waals surface area contributed by atoms with Crippen LogP contribution in [0, 0.1) is 5.92 Å². The molecule has 1 aliphatic heterocycles. The first-order valence-corrected chi connectivity index (χ1v) is 9.10. The molecule has 1 aromatic rings. The molecule has 2 N–H and O–H groups in total. The Bertz CT molecular complexity index is 508. The lowest BCUT2D eigenvalue weighted by molar-refractivity contribution is 0.0991. The summed E-state index contributed by atoms with van der Waals surface area (Å²) in [6, 6.07) is 3.79. The zero-order valence-electron chi connectivity index (χ0n) is 13.9. The molecule has 0 spiro atoms. The zero-order valence-corrected chi connectivity index (χ0v) is 14.6. The predicted molar refractivity (Wildman–Crippen MR) is 93.4 cm³/mol. The van der Waals surface area contributed by atoms with E-state index in [2.05, 4.69) is 10.2 Å². The summed E-state index contributed by atoms with van der Waals surface area (Å²) in [7, 11) is 1.67. The van der Waals surface area contributed by atoms with Gasteiger partial charge in [-0.25, -0.2) is 0 Å². The SMILES string of the molecule is COc1ccc(Cl)c(O)c1[C@H](C1CCCCC1)N1CCNCC1. The van der Waals surface area contributed by atoms with E-state index in [-0.39, 0.29) is 11.8 Å². The number of phenolic OH excluding ortho intramolecular Hbond substituents is 1. The number of hydrogen-bond donors (Lipinski definition) is 2. The summed E-state index contributed by atoms with van der Waals surface area (Å²) in [6.07, 6.45) is 6.30. The van der Waals surface area contributed by atoms with E-state index >= 15 is 0 Å². The van der Waals surface area contributed by atoms with Crippen LogP contribution in [-0.4, -0.2) is 43.3 Å². The lowest BCUT2D eigenvalue weighted by Gasteiger charge is -2.41. The molecular formula is C18H27ClN2O2. The Balaban J connectivity index is 2.01. The highest BCUT2D eigenvalue weighted by Crippen LogP contribution is 2.47. The maximum atomic E-state index is 10.7. The lowest BCUT2D eigenvalue weighted by Crippen LogP contribution is -2.47.